The van der Waals surface area contributed by atoms with Gasteiger partial charge in [0.05, 0.1) is 6.04 Å². The quantitative estimate of drug-likeness (QED) is 0.587. The zero-order chi connectivity index (χ0) is 19.2. The van der Waals surface area contributed by atoms with Crippen molar-refractivity contribution in [3.05, 3.63) is 23.7 Å². The Morgan fingerprint density at radius 1 is 1.33 bits per heavy atom. The molecule has 150 valence electrons. The van der Waals surface area contributed by atoms with Crippen LogP contribution in [0.4, 0.5) is 0 Å². The van der Waals surface area contributed by atoms with E-state index in [1.807, 2.05) is 24.8 Å². The van der Waals surface area contributed by atoms with Crippen LogP contribution in [0.25, 0.3) is 0 Å². The molecule has 1 aromatic rings. The molecular weight excluding hydrogens is 342 g/mol. The monoisotopic (exact) mass is 375 g/mol. The molecule has 3 heterocycles. The fourth-order valence-corrected chi connectivity index (χ4v) is 4.00. The second-order valence-corrected chi connectivity index (χ2v) is 7.48. The zero-order valence-corrected chi connectivity index (χ0v) is 16.8. The molecule has 0 bridgehead atoms. The van der Waals surface area contributed by atoms with Gasteiger partial charge in [-0.25, -0.2) is 0 Å². The number of nitrogens with zero attached hydrogens (tertiary/aromatic N) is 3. The molecule has 0 saturated carbocycles. The van der Waals surface area contributed by atoms with Gasteiger partial charge < -0.3 is 20.0 Å². The number of aliphatic imine (C=N–C) groups is 1. The molecule has 27 heavy (non-hydrogen) atoms. The number of amides is 1. The van der Waals surface area contributed by atoms with Crippen LogP contribution in [0.1, 0.15) is 50.2 Å². The van der Waals surface area contributed by atoms with Crippen molar-refractivity contribution in [1.82, 2.24) is 20.4 Å². The summed E-state index contributed by atoms with van der Waals surface area (Å²) in [6, 6.07) is 4.58. The normalized spacial score (nSPS) is 22.3. The summed E-state index contributed by atoms with van der Waals surface area (Å²) >= 11 is 0. The summed E-state index contributed by atoms with van der Waals surface area (Å²) in [5.74, 6) is 2.98. The molecule has 1 amide bonds. The molecule has 7 nitrogen and oxygen atoms in total. The van der Waals surface area contributed by atoms with E-state index in [0.717, 1.165) is 56.6 Å². The van der Waals surface area contributed by atoms with Gasteiger partial charge >= 0.3 is 0 Å². The number of likely N-dealkylation sites (tertiary alicyclic amines) is 2. The first-order chi connectivity index (χ1) is 13.1. The minimum absolute atomic E-state index is 0.210. The van der Waals surface area contributed by atoms with Crippen molar-refractivity contribution in [3.8, 4) is 0 Å². The first kappa shape index (κ1) is 19.7. The molecule has 0 aromatic carbocycles. The van der Waals surface area contributed by atoms with E-state index in [9.17, 15) is 4.79 Å². The molecule has 0 radical (unpaired) electrons. The van der Waals surface area contributed by atoms with Gasteiger partial charge in [-0.1, -0.05) is 6.92 Å². The molecule has 2 aliphatic rings. The van der Waals surface area contributed by atoms with Crippen molar-refractivity contribution >= 4 is 11.9 Å². The maximum absolute atomic E-state index is 11.9. The number of hydrogen-bond acceptors (Lipinski definition) is 4. The van der Waals surface area contributed by atoms with E-state index in [4.69, 9.17) is 4.42 Å². The van der Waals surface area contributed by atoms with Crippen molar-refractivity contribution < 1.29 is 9.21 Å². The molecule has 2 N–H and O–H groups in total. The lowest BCUT2D eigenvalue weighted by atomic mass is 10.2. The van der Waals surface area contributed by atoms with Crippen LogP contribution in [0.2, 0.25) is 0 Å². The summed E-state index contributed by atoms with van der Waals surface area (Å²) in [5, 5.41) is 6.95. The van der Waals surface area contributed by atoms with Crippen LogP contribution in [0.15, 0.2) is 21.5 Å². The Balaban J connectivity index is 1.56. The van der Waals surface area contributed by atoms with Crippen molar-refractivity contribution in [2.75, 3.05) is 39.8 Å². The van der Waals surface area contributed by atoms with Crippen LogP contribution in [-0.2, 0) is 4.79 Å². The number of guanidine groups is 1. The van der Waals surface area contributed by atoms with E-state index in [-0.39, 0.29) is 18.0 Å². The molecule has 2 aliphatic heterocycles. The van der Waals surface area contributed by atoms with Gasteiger partial charge in [0.2, 0.25) is 5.91 Å². The number of nitrogens with one attached hydrogen (secondary N) is 2. The Bertz CT molecular complexity index is 651. The first-order valence-electron chi connectivity index (χ1n) is 10.2. The molecule has 2 saturated heterocycles. The van der Waals surface area contributed by atoms with Gasteiger partial charge in [0.1, 0.15) is 11.5 Å². The number of furan rings is 1. The number of carbonyl (C=O) groups is 1. The van der Waals surface area contributed by atoms with E-state index >= 15 is 0 Å². The van der Waals surface area contributed by atoms with Crippen LogP contribution in [-0.4, -0.2) is 67.5 Å². The lowest BCUT2D eigenvalue weighted by Crippen LogP contribution is -2.47. The number of rotatable bonds is 6. The third-order valence-electron chi connectivity index (χ3n) is 5.54. The van der Waals surface area contributed by atoms with Gasteiger partial charge in [0.15, 0.2) is 5.96 Å². The van der Waals surface area contributed by atoms with Crippen molar-refractivity contribution in [1.29, 1.82) is 0 Å². The highest BCUT2D eigenvalue weighted by atomic mass is 16.3. The second-order valence-electron chi connectivity index (χ2n) is 7.48. The number of hydrogen-bond donors (Lipinski definition) is 2. The van der Waals surface area contributed by atoms with Gasteiger partial charge in [-0.05, 0) is 51.4 Å². The molecule has 1 aromatic heterocycles. The van der Waals surface area contributed by atoms with E-state index in [0.29, 0.717) is 6.42 Å². The van der Waals surface area contributed by atoms with E-state index in [1.54, 1.807) is 7.05 Å². The van der Waals surface area contributed by atoms with Crippen LogP contribution in [0, 0.1) is 6.92 Å². The summed E-state index contributed by atoms with van der Waals surface area (Å²) in [6.45, 7) is 8.44. The predicted octanol–water partition coefficient (Wildman–Crippen LogP) is 1.90. The van der Waals surface area contributed by atoms with Crippen molar-refractivity contribution in [2.45, 2.75) is 51.6 Å². The third kappa shape index (κ3) is 5.03. The molecule has 0 spiro atoms. The Morgan fingerprint density at radius 3 is 2.74 bits per heavy atom. The van der Waals surface area contributed by atoms with Gasteiger partial charge in [-0.15, -0.1) is 0 Å². The summed E-state index contributed by atoms with van der Waals surface area (Å²) in [5.41, 5.74) is 0. The van der Waals surface area contributed by atoms with Crippen molar-refractivity contribution in [3.63, 3.8) is 0 Å². The van der Waals surface area contributed by atoms with Gasteiger partial charge in [-0.3, -0.25) is 14.7 Å². The minimum atomic E-state index is 0.210. The lowest BCUT2D eigenvalue weighted by Gasteiger charge is -2.27. The van der Waals surface area contributed by atoms with Crippen LogP contribution in [0.3, 0.4) is 0 Å². The van der Waals surface area contributed by atoms with Gasteiger partial charge in [-0.2, -0.15) is 0 Å². The fraction of sp³-hybridized carbons (Fsp3) is 0.700. The zero-order valence-electron chi connectivity index (χ0n) is 16.8. The maximum Gasteiger partial charge on any atom is 0.222 e. The third-order valence-corrected chi connectivity index (χ3v) is 5.54. The molecule has 2 unspecified atom stereocenters. The molecule has 7 heteroatoms. The molecule has 2 atom stereocenters. The van der Waals surface area contributed by atoms with Crippen LogP contribution < -0.4 is 10.6 Å². The molecular formula is C20H33N5O2. The number of carbonyl (C=O) groups excluding carboxylic acids is 1. The van der Waals surface area contributed by atoms with E-state index < -0.39 is 0 Å². The van der Waals surface area contributed by atoms with Crippen molar-refractivity contribution in [2.24, 2.45) is 4.99 Å². The average Bonchev–Trinajstić information content (AvgIpc) is 3.42. The standard InChI is InChI=1S/C20H33N5O2/c1-4-19(26)25-12-9-16(14-25)23-20(21-3)22-13-17(24-10-5-6-11-24)18-8-7-15(2)27-18/h7-8,16-17H,4-6,9-14H2,1-3H3,(H2,21,22,23). The largest absolute Gasteiger partial charge is 0.465 e. The Hall–Kier alpha value is -2.02. The average molecular weight is 376 g/mol. The summed E-state index contributed by atoms with van der Waals surface area (Å²) in [7, 11) is 1.79. The Kier molecular flexibility index (Phi) is 6.77. The van der Waals surface area contributed by atoms with Gasteiger partial charge in [0, 0.05) is 39.1 Å². The van der Waals surface area contributed by atoms with E-state index in [2.05, 4.69) is 26.6 Å². The highest BCUT2D eigenvalue weighted by Gasteiger charge is 2.28. The van der Waals surface area contributed by atoms with Crippen LogP contribution in [0.5, 0.6) is 0 Å². The summed E-state index contributed by atoms with van der Waals surface area (Å²) < 4.78 is 5.92. The highest BCUT2D eigenvalue weighted by Crippen LogP contribution is 2.26. The van der Waals surface area contributed by atoms with Crippen LogP contribution >= 0.6 is 0 Å². The maximum atomic E-state index is 11.9. The molecule has 0 aliphatic carbocycles. The predicted molar refractivity (Wildman–Crippen MR) is 107 cm³/mol. The topological polar surface area (TPSA) is 73.1 Å². The Morgan fingerprint density at radius 2 is 2.11 bits per heavy atom. The Labute approximate surface area is 162 Å². The minimum Gasteiger partial charge on any atom is -0.465 e. The first-order valence-corrected chi connectivity index (χ1v) is 10.2. The van der Waals surface area contributed by atoms with E-state index in [1.165, 1.54) is 12.8 Å². The second kappa shape index (κ2) is 9.26. The lowest BCUT2D eigenvalue weighted by molar-refractivity contribution is -0.129. The molecule has 3 rings (SSSR count). The van der Waals surface area contributed by atoms with Gasteiger partial charge in [0.25, 0.3) is 0 Å². The summed E-state index contributed by atoms with van der Waals surface area (Å²) in [6.07, 6.45) is 4.01. The number of aryl methyl sites for hydroxylation is 1. The fourth-order valence-electron chi connectivity index (χ4n) is 4.00. The summed E-state index contributed by atoms with van der Waals surface area (Å²) in [4.78, 5) is 20.7. The highest BCUT2D eigenvalue weighted by molar-refractivity contribution is 5.80. The SMILES string of the molecule is CCC(=O)N1CCC(NC(=NC)NCC(c2ccc(C)o2)N2CCCC2)C1. The smallest absolute Gasteiger partial charge is 0.222 e. The molecule has 2 fully saturated rings.